The van der Waals surface area contributed by atoms with Crippen molar-refractivity contribution in [3.63, 3.8) is 0 Å². The third kappa shape index (κ3) is 7.29. The molecule has 1 heterocycles. The van der Waals surface area contributed by atoms with E-state index in [4.69, 9.17) is 15.0 Å². The predicted molar refractivity (Wildman–Crippen MR) is 257 cm³/mol. The maximum Gasteiger partial charge on any atom is 0.164 e. The van der Waals surface area contributed by atoms with E-state index < -0.39 is 10.8 Å². The van der Waals surface area contributed by atoms with Crippen LogP contribution in [0.25, 0.3) is 34.2 Å². The van der Waals surface area contributed by atoms with Crippen LogP contribution in [0.4, 0.5) is 0 Å². The first-order valence-electron chi connectivity index (χ1n) is 21.2. The Morgan fingerprint density at radius 1 is 0.435 bits per heavy atom. The highest BCUT2D eigenvalue weighted by atomic mass is 15.0. The molecule has 0 saturated carbocycles. The SMILES string of the molecule is C=C/C=C(\C=C)C(c1ccccc1)(c1ccccc1)c1cccc(-c2nc(-c3ccccc3)nc(-c3cccc(C(C4=CCCC=C4)(c4ccccc4)c4ccccc4)c3)n2)c1. The third-order valence-electron chi connectivity index (χ3n) is 12.0. The maximum absolute atomic E-state index is 5.35. The van der Waals surface area contributed by atoms with Crippen LogP contribution in [0.5, 0.6) is 0 Å². The van der Waals surface area contributed by atoms with Crippen LogP contribution in [0.2, 0.25) is 0 Å². The lowest BCUT2D eigenvalue weighted by Crippen LogP contribution is -2.32. The van der Waals surface area contributed by atoms with Crippen molar-refractivity contribution >= 4 is 0 Å². The number of allylic oxidation sites excluding steroid dienone is 8. The summed E-state index contributed by atoms with van der Waals surface area (Å²) in [6.45, 7) is 8.44. The van der Waals surface area contributed by atoms with Gasteiger partial charge in [-0.05, 0) is 69.5 Å². The quantitative estimate of drug-likeness (QED) is 0.0861. The Morgan fingerprint density at radius 2 is 0.855 bits per heavy atom. The number of nitrogens with zero attached hydrogens (tertiary/aromatic N) is 3. The van der Waals surface area contributed by atoms with Crippen molar-refractivity contribution < 1.29 is 0 Å². The predicted octanol–water partition coefficient (Wildman–Crippen LogP) is 14.1. The van der Waals surface area contributed by atoms with Gasteiger partial charge in [0.25, 0.3) is 0 Å². The molecule has 7 aromatic carbocycles. The molecule has 0 amide bonds. The fourth-order valence-corrected chi connectivity index (χ4v) is 9.25. The molecule has 1 aliphatic rings. The van der Waals surface area contributed by atoms with Crippen LogP contribution in [0.1, 0.15) is 46.2 Å². The first kappa shape index (κ1) is 39.7. The van der Waals surface area contributed by atoms with Gasteiger partial charge in [-0.3, -0.25) is 0 Å². The van der Waals surface area contributed by atoms with E-state index in [1.165, 1.54) is 16.7 Å². The Morgan fingerprint density at radius 3 is 1.32 bits per heavy atom. The van der Waals surface area contributed by atoms with Crippen LogP contribution >= 0.6 is 0 Å². The smallest absolute Gasteiger partial charge is 0.164 e. The molecule has 0 fully saturated rings. The lowest BCUT2D eigenvalue weighted by atomic mass is 9.63. The van der Waals surface area contributed by atoms with Crippen molar-refractivity contribution in [1.29, 1.82) is 0 Å². The molecule has 9 rings (SSSR count). The number of hydrogen-bond acceptors (Lipinski definition) is 3. The van der Waals surface area contributed by atoms with Gasteiger partial charge in [0.15, 0.2) is 17.5 Å². The monoisotopic (exact) mass is 797 g/mol. The number of rotatable bonds is 13. The molecule has 0 saturated heterocycles. The Kier molecular flexibility index (Phi) is 11.4. The van der Waals surface area contributed by atoms with Crippen molar-refractivity contribution in [3.05, 3.63) is 294 Å². The van der Waals surface area contributed by atoms with Crippen LogP contribution in [0.3, 0.4) is 0 Å². The van der Waals surface area contributed by atoms with E-state index in [1.807, 2.05) is 30.4 Å². The molecular formula is C59H47N3. The van der Waals surface area contributed by atoms with E-state index in [0.717, 1.165) is 57.4 Å². The fraction of sp³-hybridized carbons (Fsp3) is 0.0678. The molecule has 3 nitrogen and oxygen atoms in total. The van der Waals surface area contributed by atoms with Crippen molar-refractivity contribution in [2.45, 2.75) is 23.7 Å². The molecular weight excluding hydrogens is 751 g/mol. The summed E-state index contributed by atoms with van der Waals surface area (Å²) in [6, 6.07) is 70.5. The molecule has 1 aliphatic carbocycles. The minimum atomic E-state index is -0.721. The molecule has 0 unspecified atom stereocenters. The molecule has 3 heteroatoms. The highest BCUT2D eigenvalue weighted by Crippen LogP contribution is 2.49. The summed E-state index contributed by atoms with van der Waals surface area (Å²) in [5, 5.41) is 0. The Hall–Kier alpha value is -7.75. The lowest BCUT2D eigenvalue weighted by Gasteiger charge is -2.38. The highest BCUT2D eigenvalue weighted by molar-refractivity contribution is 5.71. The van der Waals surface area contributed by atoms with Gasteiger partial charge in [0.1, 0.15) is 0 Å². The summed E-state index contributed by atoms with van der Waals surface area (Å²) in [5.41, 5.74) is 10.4. The standard InChI is InChI=1S/C59H47N3/c1-3-25-47(4-2)58(48-30-13-6-14-31-48,49-32-15-7-16-33-49)53-40-23-28-45(42-53)56-60-55(44-26-11-5-12-27-44)61-57(62-56)46-29-24-41-54(43-46)59(50-34-17-8-18-35-50,51-36-19-9-20-37-51)52-38-21-10-22-39-52/h3-9,11-21,23-43H,1-2,10,22H2/b47-25+. The molecule has 0 bridgehead atoms. The molecule has 0 radical (unpaired) electrons. The minimum absolute atomic E-state index is 0.581. The average Bonchev–Trinajstić information content (AvgIpc) is 3.36. The van der Waals surface area contributed by atoms with Crippen molar-refractivity contribution in [1.82, 2.24) is 15.0 Å². The first-order valence-corrected chi connectivity index (χ1v) is 21.2. The van der Waals surface area contributed by atoms with E-state index >= 15 is 0 Å². The zero-order chi connectivity index (χ0) is 42.2. The Labute approximate surface area is 365 Å². The molecule has 62 heavy (non-hydrogen) atoms. The molecule has 8 aromatic rings. The van der Waals surface area contributed by atoms with E-state index in [2.05, 4.69) is 219 Å². The number of aromatic nitrogens is 3. The molecule has 1 aromatic heterocycles. The van der Waals surface area contributed by atoms with Gasteiger partial charge in [-0.2, -0.15) is 0 Å². The Balaban J connectivity index is 1.27. The topological polar surface area (TPSA) is 38.7 Å². The minimum Gasteiger partial charge on any atom is -0.208 e. The zero-order valence-corrected chi connectivity index (χ0v) is 34.7. The van der Waals surface area contributed by atoms with Gasteiger partial charge < -0.3 is 0 Å². The second-order valence-electron chi connectivity index (χ2n) is 15.5. The van der Waals surface area contributed by atoms with E-state index in [0.29, 0.717) is 17.5 Å². The van der Waals surface area contributed by atoms with E-state index in [-0.39, 0.29) is 0 Å². The molecule has 0 N–H and O–H groups in total. The molecule has 0 aliphatic heterocycles. The zero-order valence-electron chi connectivity index (χ0n) is 34.7. The van der Waals surface area contributed by atoms with Gasteiger partial charge in [-0.25, -0.2) is 15.0 Å². The summed E-state index contributed by atoms with van der Waals surface area (Å²) >= 11 is 0. The summed E-state index contributed by atoms with van der Waals surface area (Å²) in [6.07, 6.45) is 14.9. The van der Waals surface area contributed by atoms with Gasteiger partial charge in [0.2, 0.25) is 0 Å². The van der Waals surface area contributed by atoms with Gasteiger partial charge in [-0.1, -0.05) is 238 Å². The third-order valence-corrected chi connectivity index (χ3v) is 12.0. The van der Waals surface area contributed by atoms with Crippen LogP contribution in [-0.4, -0.2) is 15.0 Å². The average molecular weight is 798 g/mol. The van der Waals surface area contributed by atoms with E-state index in [1.54, 1.807) is 0 Å². The highest BCUT2D eigenvalue weighted by Gasteiger charge is 2.41. The second-order valence-corrected chi connectivity index (χ2v) is 15.5. The molecule has 298 valence electrons. The fourth-order valence-electron chi connectivity index (χ4n) is 9.25. The normalized spacial score (nSPS) is 13.0. The van der Waals surface area contributed by atoms with Gasteiger partial charge >= 0.3 is 0 Å². The van der Waals surface area contributed by atoms with Crippen LogP contribution in [0, 0.1) is 0 Å². The van der Waals surface area contributed by atoms with Crippen LogP contribution < -0.4 is 0 Å². The summed E-state index contributed by atoms with van der Waals surface area (Å²) in [7, 11) is 0. The maximum atomic E-state index is 5.35. The van der Waals surface area contributed by atoms with Gasteiger partial charge in [0.05, 0.1) is 10.8 Å². The van der Waals surface area contributed by atoms with Crippen molar-refractivity contribution in [3.8, 4) is 34.2 Å². The van der Waals surface area contributed by atoms with Gasteiger partial charge in [0, 0.05) is 16.7 Å². The largest absolute Gasteiger partial charge is 0.208 e. The first-order chi connectivity index (χ1) is 30.7. The summed E-state index contributed by atoms with van der Waals surface area (Å²) in [4.78, 5) is 15.8. The van der Waals surface area contributed by atoms with E-state index in [9.17, 15) is 0 Å². The van der Waals surface area contributed by atoms with Gasteiger partial charge in [-0.15, -0.1) is 0 Å². The van der Waals surface area contributed by atoms with Crippen LogP contribution in [-0.2, 0) is 10.8 Å². The van der Waals surface area contributed by atoms with Crippen molar-refractivity contribution in [2.24, 2.45) is 0 Å². The second kappa shape index (κ2) is 17.8. The Bertz CT molecular complexity index is 2830. The summed E-state index contributed by atoms with van der Waals surface area (Å²) < 4.78 is 0. The lowest BCUT2D eigenvalue weighted by molar-refractivity contribution is 0.730. The summed E-state index contributed by atoms with van der Waals surface area (Å²) in [5.74, 6) is 1.78. The molecule has 0 spiro atoms. The van der Waals surface area contributed by atoms with Crippen LogP contribution in [0.15, 0.2) is 261 Å². The van der Waals surface area contributed by atoms with Crippen molar-refractivity contribution in [2.75, 3.05) is 0 Å². The molecule has 0 atom stereocenters. The number of benzene rings is 7. The number of hydrogen-bond donors (Lipinski definition) is 0.